The van der Waals surface area contributed by atoms with Crippen molar-refractivity contribution in [2.24, 2.45) is 0 Å². The average Bonchev–Trinajstić information content (AvgIpc) is 2.35. The molecule has 0 aliphatic heterocycles. The Morgan fingerprint density at radius 3 is 2.89 bits per heavy atom. The first-order chi connectivity index (χ1) is 8.61. The summed E-state index contributed by atoms with van der Waals surface area (Å²) in [6.45, 7) is -0.185. The first-order valence-electron chi connectivity index (χ1n) is 5.24. The van der Waals surface area contributed by atoms with Crippen LogP contribution in [0.2, 0.25) is 0 Å². The summed E-state index contributed by atoms with van der Waals surface area (Å²) in [6.07, 6.45) is 0. The van der Waals surface area contributed by atoms with Gasteiger partial charge in [-0.15, -0.1) is 0 Å². The van der Waals surface area contributed by atoms with Gasteiger partial charge in [0, 0.05) is 18.0 Å². The Kier molecular flexibility index (Phi) is 3.38. The molecule has 6 heteroatoms. The SMILES string of the molecule is O=C(NCCO)c1cc2ccc(F)cc2oc1=O. The van der Waals surface area contributed by atoms with Crippen LogP contribution in [0.5, 0.6) is 0 Å². The van der Waals surface area contributed by atoms with Crippen LogP contribution in [0.25, 0.3) is 11.0 Å². The van der Waals surface area contributed by atoms with Crippen LogP contribution in [0.15, 0.2) is 33.5 Å². The number of hydrogen-bond acceptors (Lipinski definition) is 4. The summed E-state index contributed by atoms with van der Waals surface area (Å²) in [5.41, 5.74) is -0.940. The molecule has 0 spiro atoms. The summed E-state index contributed by atoms with van der Waals surface area (Å²) in [5.74, 6) is -1.16. The lowest BCUT2D eigenvalue weighted by Crippen LogP contribution is -2.30. The molecule has 5 nitrogen and oxygen atoms in total. The van der Waals surface area contributed by atoms with Gasteiger partial charge in [-0.25, -0.2) is 9.18 Å². The number of amides is 1. The van der Waals surface area contributed by atoms with E-state index in [9.17, 15) is 14.0 Å². The second-order valence-corrected chi connectivity index (χ2v) is 3.61. The minimum Gasteiger partial charge on any atom is -0.422 e. The van der Waals surface area contributed by atoms with Gasteiger partial charge >= 0.3 is 5.63 Å². The van der Waals surface area contributed by atoms with E-state index in [4.69, 9.17) is 9.52 Å². The van der Waals surface area contributed by atoms with Crippen molar-refractivity contribution in [3.8, 4) is 0 Å². The smallest absolute Gasteiger partial charge is 0.349 e. The second-order valence-electron chi connectivity index (χ2n) is 3.61. The zero-order chi connectivity index (χ0) is 13.1. The van der Waals surface area contributed by atoms with E-state index in [2.05, 4.69) is 5.32 Å². The Labute approximate surface area is 101 Å². The molecule has 0 bridgehead atoms. The van der Waals surface area contributed by atoms with Gasteiger partial charge < -0.3 is 14.8 Å². The van der Waals surface area contributed by atoms with E-state index in [1.807, 2.05) is 0 Å². The maximum absolute atomic E-state index is 12.9. The normalized spacial score (nSPS) is 10.6. The van der Waals surface area contributed by atoms with Crippen LogP contribution >= 0.6 is 0 Å². The molecule has 0 saturated carbocycles. The van der Waals surface area contributed by atoms with Gasteiger partial charge in [0.15, 0.2) is 0 Å². The van der Waals surface area contributed by atoms with Crippen LogP contribution in [0.1, 0.15) is 10.4 Å². The monoisotopic (exact) mass is 251 g/mol. The van der Waals surface area contributed by atoms with Crippen molar-refractivity contribution >= 4 is 16.9 Å². The number of halogens is 1. The van der Waals surface area contributed by atoms with Crippen molar-refractivity contribution in [3.05, 3.63) is 46.1 Å². The molecule has 2 rings (SSSR count). The Balaban J connectivity index is 2.46. The van der Waals surface area contributed by atoms with Crippen LogP contribution in [-0.2, 0) is 0 Å². The van der Waals surface area contributed by atoms with Gasteiger partial charge in [-0.3, -0.25) is 4.79 Å². The standard InChI is InChI=1S/C12H10FNO4/c13-8-2-1-7-5-9(11(16)14-3-4-15)12(17)18-10(7)6-8/h1-2,5-6,15H,3-4H2,(H,14,16). The van der Waals surface area contributed by atoms with E-state index in [1.165, 1.54) is 18.2 Å². The number of carbonyl (C=O) groups is 1. The number of nitrogens with one attached hydrogen (secondary N) is 1. The first kappa shape index (κ1) is 12.3. The predicted molar refractivity (Wildman–Crippen MR) is 61.9 cm³/mol. The number of aliphatic hydroxyl groups is 1. The molecule has 2 aromatic rings. The van der Waals surface area contributed by atoms with Crippen LogP contribution in [0, 0.1) is 5.82 Å². The molecule has 0 fully saturated rings. The van der Waals surface area contributed by atoms with E-state index in [-0.39, 0.29) is 24.3 Å². The third-order valence-electron chi connectivity index (χ3n) is 2.34. The second kappa shape index (κ2) is 4.97. The summed E-state index contributed by atoms with van der Waals surface area (Å²) in [6, 6.07) is 5.02. The maximum Gasteiger partial charge on any atom is 0.349 e. The van der Waals surface area contributed by atoms with Gasteiger partial charge in [0.1, 0.15) is 17.0 Å². The lowest BCUT2D eigenvalue weighted by molar-refractivity contribution is 0.0941. The number of fused-ring (bicyclic) bond motifs is 1. The Bertz CT molecular complexity index is 650. The van der Waals surface area contributed by atoms with Crippen molar-refractivity contribution < 1.29 is 18.7 Å². The van der Waals surface area contributed by atoms with E-state index in [1.54, 1.807) is 0 Å². The summed E-state index contributed by atoms with van der Waals surface area (Å²) in [5, 5.41) is 11.4. The van der Waals surface area contributed by atoms with Gasteiger partial charge in [0.05, 0.1) is 6.61 Å². The summed E-state index contributed by atoms with van der Waals surface area (Å²) >= 11 is 0. The van der Waals surface area contributed by atoms with Crippen LogP contribution in [-0.4, -0.2) is 24.2 Å². The summed E-state index contributed by atoms with van der Waals surface area (Å²) < 4.78 is 17.8. The molecule has 0 aliphatic carbocycles. The van der Waals surface area contributed by atoms with Gasteiger partial charge in [-0.2, -0.15) is 0 Å². The quantitative estimate of drug-likeness (QED) is 0.785. The fourth-order valence-electron chi connectivity index (χ4n) is 1.51. The molecule has 2 N–H and O–H groups in total. The van der Waals surface area contributed by atoms with Crippen molar-refractivity contribution in [3.63, 3.8) is 0 Å². The van der Waals surface area contributed by atoms with Gasteiger partial charge in [-0.05, 0) is 18.2 Å². The molecule has 0 saturated heterocycles. The molecule has 0 atom stereocenters. The van der Waals surface area contributed by atoms with E-state index in [0.717, 1.165) is 6.07 Å². The van der Waals surface area contributed by atoms with Crippen LogP contribution < -0.4 is 10.9 Å². The van der Waals surface area contributed by atoms with Crippen molar-refractivity contribution in [1.82, 2.24) is 5.32 Å². The average molecular weight is 251 g/mol. The highest BCUT2D eigenvalue weighted by atomic mass is 19.1. The molecule has 0 unspecified atom stereocenters. The van der Waals surface area contributed by atoms with E-state index < -0.39 is 17.3 Å². The molecular formula is C12H10FNO4. The van der Waals surface area contributed by atoms with Crippen LogP contribution in [0.3, 0.4) is 0 Å². The molecular weight excluding hydrogens is 241 g/mol. The Morgan fingerprint density at radius 2 is 2.17 bits per heavy atom. The van der Waals surface area contributed by atoms with E-state index in [0.29, 0.717) is 5.39 Å². The highest BCUT2D eigenvalue weighted by molar-refractivity contribution is 5.96. The molecule has 1 aromatic heterocycles. The topological polar surface area (TPSA) is 79.5 Å². The minimum absolute atomic E-state index is 0.0414. The molecule has 94 valence electrons. The fourth-order valence-corrected chi connectivity index (χ4v) is 1.51. The third kappa shape index (κ3) is 2.38. The van der Waals surface area contributed by atoms with Gasteiger partial charge in [-0.1, -0.05) is 0 Å². The lowest BCUT2D eigenvalue weighted by atomic mass is 10.2. The van der Waals surface area contributed by atoms with Crippen molar-refractivity contribution in [2.75, 3.05) is 13.2 Å². The number of benzene rings is 1. The fraction of sp³-hybridized carbons (Fsp3) is 0.167. The maximum atomic E-state index is 12.9. The number of rotatable bonds is 3. The minimum atomic E-state index is -0.844. The first-order valence-corrected chi connectivity index (χ1v) is 5.24. The highest BCUT2D eigenvalue weighted by Crippen LogP contribution is 2.14. The molecule has 0 radical (unpaired) electrons. The Morgan fingerprint density at radius 1 is 1.39 bits per heavy atom. The largest absolute Gasteiger partial charge is 0.422 e. The molecule has 0 aliphatic rings. The predicted octanol–water partition coefficient (Wildman–Crippen LogP) is 0.654. The molecule has 1 amide bonds. The number of aliphatic hydroxyl groups excluding tert-OH is 1. The zero-order valence-corrected chi connectivity index (χ0v) is 9.27. The van der Waals surface area contributed by atoms with Gasteiger partial charge in [0.2, 0.25) is 0 Å². The van der Waals surface area contributed by atoms with Gasteiger partial charge in [0.25, 0.3) is 5.91 Å². The molecule has 1 heterocycles. The summed E-state index contributed by atoms with van der Waals surface area (Å²) in [4.78, 5) is 23.1. The lowest BCUT2D eigenvalue weighted by Gasteiger charge is -2.03. The third-order valence-corrected chi connectivity index (χ3v) is 2.34. The number of carbonyl (C=O) groups excluding carboxylic acids is 1. The van der Waals surface area contributed by atoms with Crippen LogP contribution in [0.4, 0.5) is 4.39 Å². The van der Waals surface area contributed by atoms with E-state index >= 15 is 0 Å². The van der Waals surface area contributed by atoms with Crippen molar-refractivity contribution in [1.29, 1.82) is 0 Å². The summed E-state index contributed by atoms with van der Waals surface area (Å²) in [7, 11) is 0. The highest BCUT2D eigenvalue weighted by Gasteiger charge is 2.13. The Hall–Kier alpha value is -2.21. The zero-order valence-electron chi connectivity index (χ0n) is 9.27. The molecule has 1 aromatic carbocycles. The van der Waals surface area contributed by atoms with Crippen molar-refractivity contribution in [2.45, 2.75) is 0 Å². The number of hydrogen-bond donors (Lipinski definition) is 2. The molecule has 18 heavy (non-hydrogen) atoms.